The molecule has 0 aromatic heterocycles. The summed E-state index contributed by atoms with van der Waals surface area (Å²) in [5, 5.41) is 0. The van der Waals surface area contributed by atoms with Gasteiger partial charge < -0.3 is 4.74 Å². The normalized spacial score (nSPS) is 21.7. The predicted molar refractivity (Wildman–Crippen MR) is 57.7 cm³/mol. The Morgan fingerprint density at radius 1 is 1.33 bits per heavy atom. The number of thioether (sulfide) groups is 2. The summed E-state index contributed by atoms with van der Waals surface area (Å²) in [5.41, 5.74) is 0. The largest absolute Gasteiger partial charge is 0.466 e. The molecule has 2 saturated heterocycles. The summed E-state index contributed by atoms with van der Waals surface area (Å²) in [6.07, 6.45) is 1.54. The Hall–Kier alpha value is 0.260. The van der Waals surface area contributed by atoms with Crippen LogP contribution in [0.3, 0.4) is 0 Å². The summed E-state index contributed by atoms with van der Waals surface area (Å²) >= 11 is 8.43. The highest BCUT2D eigenvalue weighted by atomic mass is 32.2. The maximum atomic E-state index is 10.0. The Labute approximate surface area is 85.8 Å². The fourth-order valence-corrected chi connectivity index (χ4v) is 3.10. The van der Waals surface area contributed by atoms with Crippen LogP contribution >= 0.6 is 35.7 Å². The van der Waals surface area contributed by atoms with E-state index in [0.717, 1.165) is 9.95 Å². The van der Waals surface area contributed by atoms with Crippen LogP contribution in [0.25, 0.3) is 0 Å². The van der Waals surface area contributed by atoms with Gasteiger partial charge in [-0.2, -0.15) is 0 Å². The third-order valence-corrected chi connectivity index (χ3v) is 4.27. The summed E-state index contributed by atoms with van der Waals surface area (Å²) in [6, 6.07) is 0. The minimum absolute atomic E-state index is 0.0463. The lowest BCUT2D eigenvalue weighted by molar-refractivity contribution is -0.137. The van der Waals surface area contributed by atoms with Crippen LogP contribution in [0.15, 0.2) is 0 Å². The molecule has 0 aromatic rings. The lowest BCUT2D eigenvalue weighted by atomic mass is 10.4. The van der Waals surface area contributed by atoms with Crippen LogP contribution in [0.5, 0.6) is 0 Å². The topological polar surface area (TPSA) is 26.3 Å². The van der Waals surface area contributed by atoms with Crippen molar-refractivity contribution < 1.29 is 9.53 Å². The van der Waals surface area contributed by atoms with Crippen molar-refractivity contribution in [3.05, 3.63) is 0 Å². The zero-order valence-corrected chi connectivity index (χ0v) is 9.03. The average molecular weight is 222 g/mol. The number of carbonyl (C=O) groups excluding carboxylic acids is 1. The van der Waals surface area contributed by atoms with E-state index in [0.29, 0.717) is 13.0 Å². The van der Waals surface area contributed by atoms with E-state index in [4.69, 9.17) is 12.2 Å². The number of hydrogen-bond acceptors (Lipinski definition) is 5. The van der Waals surface area contributed by atoms with Gasteiger partial charge in [0.2, 0.25) is 0 Å². The molecule has 0 spiro atoms. The van der Waals surface area contributed by atoms with Crippen molar-refractivity contribution in [2.24, 2.45) is 0 Å². The molecule has 0 N–H and O–H groups in total. The van der Waals surface area contributed by atoms with Crippen molar-refractivity contribution in [2.45, 2.75) is 12.8 Å². The molecule has 2 rings (SSSR count). The highest BCUT2D eigenvalue weighted by Crippen LogP contribution is 2.25. The second-order valence-electron chi connectivity index (χ2n) is 2.27. The molecule has 0 bridgehead atoms. The minimum Gasteiger partial charge on any atom is -0.466 e. The van der Waals surface area contributed by atoms with Gasteiger partial charge in [0.05, 0.1) is 6.61 Å². The Morgan fingerprint density at radius 2 is 2.00 bits per heavy atom. The SMILES string of the molecule is O=C1CCCO1.S=C1SCCS1. The zero-order chi connectivity index (χ0) is 8.81. The molecule has 0 radical (unpaired) electrons. The number of ether oxygens (including phenoxy) is 1. The lowest BCUT2D eigenvalue weighted by Crippen LogP contribution is -1.88. The third kappa shape index (κ3) is 4.33. The highest BCUT2D eigenvalue weighted by Gasteiger charge is 2.08. The third-order valence-electron chi connectivity index (χ3n) is 1.31. The van der Waals surface area contributed by atoms with E-state index in [2.05, 4.69) is 4.74 Å². The molecule has 2 heterocycles. The van der Waals surface area contributed by atoms with Gasteiger partial charge in [0.15, 0.2) is 0 Å². The van der Waals surface area contributed by atoms with Crippen molar-refractivity contribution in [3.63, 3.8) is 0 Å². The minimum atomic E-state index is -0.0463. The first-order valence-electron chi connectivity index (χ1n) is 3.74. The second kappa shape index (κ2) is 5.83. The molecule has 12 heavy (non-hydrogen) atoms. The number of esters is 1. The first-order valence-corrected chi connectivity index (χ1v) is 6.12. The first kappa shape index (κ1) is 10.3. The molecule has 0 aromatic carbocycles. The van der Waals surface area contributed by atoms with Crippen molar-refractivity contribution >= 4 is 45.2 Å². The summed E-state index contributed by atoms with van der Waals surface area (Å²) in [5.74, 6) is 2.41. The molecular formula is C7H10O2S3. The number of carbonyl (C=O) groups is 1. The first-order chi connectivity index (χ1) is 5.79. The van der Waals surface area contributed by atoms with Crippen LogP contribution in [0.1, 0.15) is 12.8 Å². The monoisotopic (exact) mass is 222 g/mol. The maximum Gasteiger partial charge on any atom is 0.305 e. The molecule has 2 aliphatic heterocycles. The molecule has 0 aliphatic carbocycles. The predicted octanol–water partition coefficient (Wildman–Crippen LogP) is 2.07. The quantitative estimate of drug-likeness (QED) is 0.462. The van der Waals surface area contributed by atoms with E-state index in [-0.39, 0.29) is 5.97 Å². The van der Waals surface area contributed by atoms with Crippen molar-refractivity contribution in [2.75, 3.05) is 18.1 Å². The summed E-state index contributed by atoms with van der Waals surface area (Å²) in [4.78, 5) is 10.0. The Kier molecular flexibility index (Phi) is 5.02. The van der Waals surface area contributed by atoms with Crippen LogP contribution in [-0.2, 0) is 9.53 Å². The van der Waals surface area contributed by atoms with Gasteiger partial charge in [-0.1, -0.05) is 12.2 Å². The molecule has 0 atom stereocenters. The van der Waals surface area contributed by atoms with E-state index in [1.165, 1.54) is 11.5 Å². The smallest absolute Gasteiger partial charge is 0.305 e. The van der Waals surface area contributed by atoms with Gasteiger partial charge in [-0.25, -0.2) is 0 Å². The maximum absolute atomic E-state index is 10.0. The molecule has 68 valence electrons. The zero-order valence-electron chi connectivity index (χ0n) is 6.58. The molecule has 2 aliphatic rings. The number of cyclic esters (lactones) is 1. The van der Waals surface area contributed by atoms with Gasteiger partial charge in [0, 0.05) is 17.9 Å². The van der Waals surface area contributed by atoms with Crippen LogP contribution in [-0.4, -0.2) is 27.6 Å². The molecule has 0 amide bonds. The van der Waals surface area contributed by atoms with Gasteiger partial charge in [0.25, 0.3) is 0 Å². The molecule has 0 saturated carbocycles. The van der Waals surface area contributed by atoms with E-state index >= 15 is 0 Å². The van der Waals surface area contributed by atoms with E-state index in [9.17, 15) is 4.79 Å². The van der Waals surface area contributed by atoms with Crippen molar-refractivity contribution in [1.82, 2.24) is 0 Å². The second-order valence-corrected chi connectivity index (χ2v) is 5.66. The van der Waals surface area contributed by atoms with Crippen molar-refractivity contribution in [1.29, 1.82) is 0 Å². The van der Waals surface area contributed by atoms with Crippen molar-refractivity contribution in [3.8, 4) is 0 Å². The van der Waals surface area contributed by atoms with Gasteiger partial charge >= 0.3 is 5.97 Å². The summed E-state index contributed by atoms with van der Waals surface area (Å²) in [6.45, 7) is 0.638. The van der Waals surface area contributed by atoms with Crippen LogP contribution in [0, 0.1) is 0 Å². The fourth-order valence-electron chi connectivity index (χ4n) is 0.766. The molecule has 2 fully saturated rings. The standard InChI is InChI=1S/C4H6O2.C3H4S3/c5-4-2-1-3-6-4;4-3-5-1-2-6-3/h1-3H2;1-2H2. The van der Waals surface area contributed by atoms with E-state index in [1.54, 1.807) is 23.5 Å². The number of thiocarbonyl (C=S) groups is 1. The van der Waals surface area contributed by atoms with Crippen LogP contribution < -0.4 is 0 Å². The molecule has 0 unspecified atom stereocenters. The van der Waals surface area contributed by atoms with Gasteiger partial charge in [-0.15, -0.1) is 23.5 Å². The van der Waals surface area contributed by atoms with Crippen LogP contribution in [0.2, 0.25) is 0 Å². The van der Waals surface area contributed by atoms with Gasteiger partial charge in [-0.05, 0) is 6.42 Å². The molecule has 2 nitrogen and oxygen atoms in total. The van der Waals surface area contributed by atoms with Gasteiger partial charge in [-0.3, -0.25) is 4.79 Å². The van der Waals surface area contributed by atoms with E-state index in [1.807, 2.05) is 0 Å². The Bertz CT molecular complexity index is 145. The molecule has 5 heteroatoms. The number of hydrogen-bond donors (Lipinski definition) is 0. The Balaban J connectivity index is 0.000000120. The Morgan fingerprint density at radius 3 is 2.17 bits per heavy atom. The summed E-state index contributed by atoms with van der Waals surface area (Å²) < 4.78 is 5.63. The number of rotatable bonds is 0. The van der Waals surface area contributed by atoms with E-state index < -0.39 is 0 Å². The van der Waals surface area contributed by atoms with Crippen LogP contribution in [0.4, 0.5) is 0 Å². The fraction of sp³-hybridized carbons (Fsp3) is 0.714. The average Bonchev–Trinajstić information content (AvgIpc) is 2.63. The summed E-state index contributed by atoms with van der Waals surface area (Å²) in [7, 11) is 0. The molecular weight excluding hydrogens is 212 g/mol. The lowest BCUT2D eigenvalue weighted by Gasteiger charge is -1.81. The highest BCUT2D eigenvalue weighted by molar-refractivity contribution is 8.49. The van der Waals surface area contributed by atoms with Gasteiger partial charge in [0.1, 0.15) is 3.53 Å².